The van der Waals surface area contributed by atoms with E-state index in [9.17, 15) is 5.11 Å². The Balaban J connectivity index is 1.78. The molecule has 1 aliphatic heterocycles. The molecule has 0 aromatic heterocycles. The maximum atomic E-state index is 9.38. The molecule has 1 N–H and O–H groups in total. The second-order valence-electron chi connectivity index (χ2n) is 3.47. The molecule has 0 radical (unpaired) electrons. The van der Waals surface area contributed by atoms with Crippen molar-refractivity contribution in [3.05, 3.63) is 30.3 Å². The van der Waals surface area contributed by atoms with Gasteiger partial charge in [-0.2, -0.15) is 0 Å². The molecule has 0 unspecified atom stereocenters. The summed E-state index contributed by atoms with van der Waals surface area (Å²) in [5, 5.41) is 11.3. The van der Waals surface area contributed by atoms with Gasteiger partial charge in [-0.05, 0) is 0 Å². The number of benzene rings is 1. The van der Waals surface area contributed by atoms with E-state index in [0.717, 1.165) is 12.2 Å². The average Bonchev–Trinajstić information content (AvgIpc) is 2.63. The van der Waals surface area contributed by atoms with Crippen molar-refractivity contribution in [2.24, 2.45) is 0 Å². The summed E-state index contributed by atoms with van der Waals surface area (Å²) in [5.41, 5.74) is 0. The van der Waals surface area contributed by atoms with E-state index in [1.807, 2.05) is 11.8 Å². The SMILES string of the molecule is O[C@H]1CS[C@@H](C[Se]c2ccccc2)C1. The van der Waals surface area contributed by atoms with Crippen LogP contribution in [0.1, 0.15) is 6.42 Å². The maximum absolute atomic E-state index is 9.38. The summed E-state index contributed by atoms with van der Waals surface area (Å²) in [5.74, 6) is 0.940. The number of rotatable bonds is 3. The molecule has 1 aliphatic rings. The molecule has 1 nitrogen and oxygen atoms in total. The van der Waals surface area contributed by atoms with E-state index in [-0.39, 0.29) is 6.10 Å². The summed E-state index contributed by atoms with van der Waals surface area (Å²) in [4.78, 5) is 0. The van der Waals surface area contributed by atoms with Crippen LogP contribution in [0.15, 0.2) is 30.3 Å². The molecular weight excluding hydrogens is 259 g/mol. The minimum absolute atomic E-state index is 0.0448. The summed E-state index contributed by atoms with van der Waals surface area (Å²) in [6.45, 7) is 0. The van der Waals surface area contributed by atoms with Gasteiger partial charge in [0.2, 0.25) is 0 Å². The molecule has 0 spiro atoms. The molecule has 1 heterocycles. The predicted octanol–water partition coefficient (Wildman–Crippen LogP) is 1.30. The summed E-state index contributed by atoms with van der Waals surface area (Å²) in [6, 6.07) is 10.7. The van der Waals surface area contributed by atoms with Crippen LogP contribution in [0.2, 0.25) is 5.32 Å². The Kier molecular flexibility index (Phi) is 3.94. The Morgan fingerprint density at radius 1 is 1.36 bits per heavy atom. The van der Waals surface area contributed by atoms with Crippen molar-refractivity contribution >= 4 is 31.2 Å². The van der Waals surface area contributed by atoms with Crippen LogP contribution < -0.4 is 4.46 Å². The number of aliphatic hydroxyl groups excluding tert-OH is 1. The van der Waals surface area contributed by atoms with Gasteiger partial charge in [0.05, 0.1) is 0 Å². The minimum atomic E-state index is -0.0448. The van der Waals surface area contributed by atoms with E-state index in [1.165, 1.54) is 9.78 Å². The topological polar surface area (TPSA) is 20.2 Å². The van der Waals surface area contributed by atoms with Crippen molar-refractivity contribution in [3.63, 3.8) is 0 Å². The first-order valence-corrected chi connectivity index (χ1v) is 7.94. The van der Waals surface area contributed by atoms with Crippen LogP contribution in [-0.4, -0.2) is 37.2 Å². The average molecular weight is 273 g/mol. The predicted molar refractivity (Wildman–Crippen MR) is 63.5 cm³/mol. The van der Waals surface area contributed by atoms with Gasteiger partial charge in [0.25, 0.3) is 0 Å². The van der Waals surface area contributed by atoms with E-state index in [0.29, 0.717) is 20.2 Å². The van der Waals surface area contributed by atoms with Crippen molar-refractivity contribution < 1.29 is 5.11 Å². The molecule has 1 aromatic rings. The zero-order valence-corrected chi connectivity index (χ0v) is 10.5. The Morgan fingerprint density at radius 2 is 2.14 bits per heavy atom. The summed E-state index contributed by atoms with van der Waals surface area (Å²) >= 11 is 2.52. The zero-order chi connectivity index (χ0) is 9.80. The Bertz CT molecular complexity index is 278. The third kappa shape index (κ3) is 3.03. The van der Waals surface area contributed by atoms with E-state index >= 15 is 0 Å². The van der Waals surface area contributed by atoms with Crippen LogP contribution in [0.3, 0.4) is 0 Å². The standard InChI is InChI=1S/C11H14OSSe/c12-9-6-10(13-7-9)8-14-11-4-2-1-3-5-11/h1-5,9-10,12H,6-8H2/t9-,10-/m1/s1. The van der Waals surface area contributed by atoms with Crippen LogP contribution in [0.5, 0.6) is 0 Å². The third-order valence-electron chi connectivity index (χ3n) is 2.24. The number of hydrogen-bond acceptors (Lipinski definition) is 2. The van der Waals surface area contributed by atoms with E-state index in [2.05, 4.69) is 30.3 Å². The molecule has 1 aromatic carbocycles. The summed E-state index contributed by atoms with van der Waals surface area (Å²) in [6.07, 6.45) is 0.954. The van der Waals surface area contributed by atoms with Crippen LogP contribution in [-0.2, 0) is 0 Å². The van der Waals surface area contributed by atoms with Gasteiger partial charge in [-0.3, -0.25) is 0 Å². The van der Waals surface area contributed by atoms with Gasteiger partial charge in [0.1, 0.15) is 0 Å². The van der Waals surface area contributed by atoms with Crippen LogP contribution in [0.25, 0.3) is 0 Å². The number of thioether (sulfide) groups is 1. The van der Waals surface area contributed by atoms with Gasteiger partial charge in [-0.1, -0.05) is 0 Å². The Hall–Kier alpha value is 0.0495. The van der Waals surface area contributed by atoms with E-state index < -0.39 is 0 Å². The first kappa shape index (κ1) is 10.6. The van der Waals surface area contributed by atoms with Gasteiger partial charge >= 0.3 is 95.5 Å². The second kappa shape index (κ2) is 5.22. The first-order valence-electron chi connectivity index (χ1n) is 4.82. The molecule has 1 saturated heterocycles. The molecule has 76 valence electrons. The molecule has 2 rings (SSSR count). The van der Waals surface area contributed by atoms with Crippen molar-refractivity contribution in [1.29, 1.82) is 0 Å². The third-order valence-corrected chi connectivity index (χ3v) is 6.59. The van der Waals surface area contributed by atoms with Gasteiger partial charge in [0, 0.05) is 0 Å². The molecule has 3 heteroatoms. The molecule has 2 atom stereocenters. The van der Waals surface area contributed by atoms with Gasteiger partial charge in [0.15, 0.2) is 0 Å². The van der Waals surface area contributed by atoms with E-state index in [4.69, 9.17) is 0 Å². The van der Waals surface area contributed by atoms with Crippen LogP contribution in [0, 0.1) is 0 Å². The Labute approximate surface area is 95.4 Å². The van der Waals surface area contributed by atoms with Crippen molar-refractivity contribution in [2.75, 3.05) is 5.75 Å². The summed E-state index contributed by atoms with van der Waals surface area (Å²) in [7, 11) is 0. The molecule has 1 fully saturated rings. The fourth-order valence-electron chi connectivity index (χ4n) is 1.51. The van der Waals surface area contributed by atoms with Crippen LogP contribution >= 0.6 is 11.8 Å². The van der Waals surface area contributed by atoms with Gasteiger partial charge in [-0.25, -0.2) is 0 Å². The van der Waals surface area contributed by atoms with Crippen molar-refractivity contribution in [3.8, 4) is 0 Å². The molecule has 0 bridgehead atoms. The molecule has 0 saturated carbocycles. The van der Waals surface area contributed by atoms with E-state index in [1.54, 1.807) is 0 Å². The monoisotopic (exact) mass is 274 g/mol. The van der Waals surface area contributed by atoms with Crippen molar-refractivity contribution in [1.82, 2.24) is 0 Å². The Morgan fingerprint density at radius 3 is 2.79 bits per heavy atom. The molecule has 0 aliphatic carbocycles. The molecule has 14 heavy (non-hydrogen) atoms. The van der Waals surface area contributed by atoms with Gasteiger partial charge < -0.3 is 0 Å². The zero-order valence-electron chi connectivity index (χ0n) is 7.93. The first-order chi connectivity index (χ1) is 6.84. The molecule has 0 amide bonds. The second-order valence-corrected chi connectivity index (χ2v) is 7.10. The summed E-state index contributed by atoms with van der Waals surface area (Å²) < 4.78 is 1.47. The van der Waals surface area contributed by atoms with Crippen molar-refractivity contribution in [2.45, 2.75) is 23.1 Å². The number of aliphatic hydroxyl groups is 1. The normalized spacial score (nSPS) is 26.6. The molecular formula is C11H14OSSe. The van der Waals surface area contributed by atoms with Gasteiger partial charge in [-0.15, -0.1) is 0 Å². The number of hydrogen-bond donors (Lipinski definition) is 1. The quantitative estimate of drug-likeness (QED) is 0.838. The fourth-order valence-corrected chi connectivity index (χ4v) is 5.37. The van der Waals surface area contributed by atoms with Crippen LogP contribution in [0.4, 0.5) is 0 Å². The fraction of sp³-hybridized carbons (Fsp3) is 0.455.